The van der Waals surface area contributed by atoms with Crippen LogP contribution in [0.1, 0.15) is 0 Å². The fraction of sp³-hybridized carbons (Fsp3) is 0.100. The molecule has 2 aromatic heterocycles. The molecule has 2 aromatic carbocycles. The molecule has 0 saturated heterocycles. The lowest BCUT2D eigenvalue weighted by molar-refractivity contribution is -0.131. The van der Waals surface area contributed by atoms with Crippen LogP contribution < -0.4 is 15.0 Å². The van der Waals surface area contributed by atoms with Crippen molar-refractivity contribution in [3.63, 3.8) is 0 Å². The van der Waals surface area contributed by atoms with Crippen molar-refractivity contribution in [1.82, 2.24) is 19.6 Å². The van der Waals surface area contributed by atoms with Crippen molar-refractivity contribution in [1.29, 1.82) is 0 Å². The van der Waals surface area contributed by atoms with Crippen LogP contribution in [0.4, 0.5) is 0 Å². The Morgan fingerprint density at radius 3 is 2.52 bits per heavy atom. The first-order valence-electron chi connectivity index (χ1n) is 8.65. The zero-order chi connectivity index (χ0) is 20.2. The second-order valence-electron chi connectivity index (χ2n) is 5.95. The van der Waals surface area contributed by atoms with E-state index in [1.165, 1.54) is 10.6 Å². The molecule has 29 heavy (non-hydrogen) atoms. The van der Waals surface area contributed by atoms with Gasteiger partial charge in [-0.3, -0.25) is 14.7 Å². The van der Waals surface area contributed by atoms with Crippen molar-refractivity contribution in [2.45, 2.75) is 5.16 Å². The Hall–Kier alpha value is -3.59. The molecule has 0 unspecified atom stereocenters. The van der Waals surface area contributed by atoms with Gasteiger partial charge in [-0.2, -0.15) is 0 Å². The molecule has 1 N–H and O–H groups in total. The van der Waals surface area contributed by atoms with Crippen molar-refractivity contribution >= 4 is 23.4 Å². The van der Waals surface area contributed by atoms with Gasteiger partial charge in [0.15, 0.2) is 16.6 Å². The van der Waals surface area contributed by atoms with Crippen molar-refractivity contribution in [3.05, 3.63) is 71.0 Å². The van der Waals surface area contributed by atoms with Gasteiger partial charge in [0.1, 0.15) is 11.5 Å². The first-order valence-corrected chi connectivity index (χ1v) is 9.64. The van der Waals surface area contributed by atoms with Gasteiger partial charge in [-0.15, -0.1) is 0 Å². The highest BCUT2D eigenvalue weighted by Crippen LogP contribution is 2.22. The van der Waals surface area contributed by atoms with Gasteiger partial charge in [0.25, 0.3) is 5.56 Å². The molecule has 0 aliphatic carbocycles. The summed E-state index contributed by atoms with van der Waals surface area (Å²) in [5.74, 6) is 1.13. The maximum absolute atomic E-state index is 12.2. The number of thioether (sulfide) groups is 1. The molecule has 0 spiro atoms. The third-order valence-electron chi connectivity index (χ3n) is 3.97. The van der Waals surface area contributed by atoms with Crippen molar-refractivity contribution in [2.75, 3.05) is 12.9 Å². The third-order valence-corrected chi connectivity index (χ3v) is 4.88. The van der Waals surface area contributed by atoms with Gasteiger partial charge in [-0.25, -0.2) is 14.5 Å². The summed E-state index contributed by atoms with van der Waals surface area (Å²) in [4.78, 5) is 32.9. The maximum Gasteiger partial charge on any atom is 0.321 e. The zero-order valence-corrected chi connectivity index (χ0v) is 16.2. The number of benzene rings is 2. The quantitative estimate of drug-likeness (QED) is 0.298. The fourth-order valence-electron chi connectivity index (χ4n) is 2.63. The number of carbonyl (C=O) groups is 1. The van der Waals surface area contributed by atoms with Crippen LogP contribution in [-0.2, 0) is 4.79 Å². The van der Waals surface area contributed by atoms with Crippen LogP contribution in [0.3, 0.4) is 0 Å². The van der Waals surface area contributed by atoms with E-state index in [1.54, 1.807) is 31.4 Å². The minimum absolute atomic E-state index is 0.00653. The van der Waals surface area contributed by atoms with E-state index >= 15 is 0 Å². The normalized spacial score (nSPS) is 10.8. The van der Waals surface area contributed by atoms with Crippen LogP contribution in [0.2, 0.25) is 0 Å². The molecular weight excluding hydrogens is 392 g/mol. The molecule has 2 heterocycles. The minimum Gasteiger partial charge on any atom is -0.497 e. The molecular formula is C20H16N4O4S. The highest BCUT2D eigenvalue weighted by atomic mass is 32.2. The largest absolute Gasteiger partial charge is 0.497 e. The Balaban J connectivity index is 1.55. The Kier molecular flexibility index (Phi) is 5.30. The van der Waals surface area contributed by atoms with Crippen molar-refractivity contribution in [2.24, 2.45) is 0 Å². The molecule has 8 nitrogen and oxygen atoms in total. The SMILES string of the molecule is COc1ccc(OC(=O)CSc2nc(-c3ccccc3)nc3cc(=O)[nH]n23)cc1. The molecule has 4 rings (SSSR count). The summed E-state index contributed by atoms with van der Waals surface area (Å²) in [6, 6.07) is 17.5. The fourth-order valence-corrected chi connectivity index (χ4v) is 3.35. The third kappa shape index (κ3) is 4.30. The first-order chi connectivity index (χ1) is 14.1. The highest BCUT2D eigenvalue weighted by molar-refractivity contribution is 7.99. The van der Waals surface area contributed by atoms with Gasteiger partial charge in [0.2, 0.25) is 0 Å². The van der Waals surface area contributed by atoms with Crippen molar-refractivity contribution < 1.29 is 14.3 Å². The van der Waals surface area contributed by atoms with Crippen LogP contribution >= 0.6 is 11.8 Å². The number of ether oxygens (including phenoxy) is 2. The monoisotopic (exact) mass is 408 g/mol. The number of carbonyl (C=O) groups excluding carboxylic acids is 1. The Morgan fingerprint density at radius 1 is 1.07 bits per heavy atom. The molecule has 0 amide bonds. The summed E-state index contributed by atoms with van der Waals surface area (Å²) in [5.41, 5.74) is 0.938. The smallest absolute Gasteiger partial charge is 0.321 e. The Morgan fingerprint density at radius 2 is 1.79 bits per heavy atom. The highest BCUT2D eigenvalue weighted by Gasteiger charge is 2.14. The van der Waals surface area contributed by atoms with E-state index in [9.17, 15) is 9.59 Å². The average molecular weight is 408 g/mol. The van der Waals surface area contributed by atoms with Crippen LogP contribution in [0.25, 0.3) is 17.0 Å². The maximum atomic E-state index is 12.2. The Labute approximate surface area is 169 Å². The molecule has 4 aromatic rings. The molecule has 9 heteroatoms. The number of fused-ring (bicyclic) bond motifs is 1. The minimum atomic E-state index is -0.442. The van der Waals surface area contributed by atoms with E-state index in [-0.39, 0.29) is 11.3 Å². The van der Waals surface area contributed by atoms with E-state index in [2.05, 4.69) is 15.1 Å². The van der Waals surface area contributed by atoms with E-state index in [0.717, 1.165) is 17.3 Å². The van der Waals surface area contributed by atoms with E-state index < -0.39 is 5.97 Å². The molecule has 0 atom stereocenters. The number of hydrogen-bond donors (Lipinski definition) is 1. The number of nitrogens with one attached hydrogen (secondary N) is 1. The van der Waals surface area contributed by atoms with Gasteiger partial charge in [0.05, 0.1) is 12.9 Å². The number of aromatic nitrogens is 4. The second-order valence-corrected chi connectivity index (χ2v) is 6.89. The number of methoxy groups -OCH3 is 1. The van der Waals surface area contributed by atoms with Gasteiger partial charge < -0.3 is 9.47 Å². The Bertz CT molecular complexity index is 1200. The summed E-state index contributed by atoms with van der Waals surface area (Å²) < 4.78 is 11.9. The summed E-state index contributed by atoms with van der Waals surface area (Å²) in [6.07, 6.45) is 0. The molecule has 146 valence electrons. The predicted molar refractivity (Wildman–Crippen MR) is 108 cm³/mol. The average Bonchev–Trinajstić information content (AvgIpc) is 3.13. The molecule has 0 fully saturated rings. The van der Waals surface area contributed by atoms with Crippen LogP contribution in [0.5, 0.6) is 11.5 Å². The van der Waals surface area contributed by atoms with Crippen LogP contribution in [0.15, 0.2) is 70.6 Å². The summed E-state index contributed by atoms with van der Waals surface area (Å²) in [5, 5.41) is 3.07. The van der Waals surface area contributed by atoms with Gasteiger partial charge in [-0.05, 0) is 24.3 Å². The number of rotatable bonds is 6. The second kappa shape index (κ2) is 8.19. The van der Waals surface area contributed by atoms with Crippen LogP contribution in [-0.4, -0.2) is 38.4 Å². The van der Waals surface area contributed by atoms with Gasteiger partial charge in [0, 0.05) is 11.6 Å². The number of esters is 1. The summed E-state index contributed by atoms with van der Waals surface area (Å²) in [7, 11) is 1.56. The zero-order valence-electron chi connectivity index (χ0n) is 15.4. The van der Waals surface area contributed by atoms with Crippen molar-refractivity contribution in [3.8, 4) is 22.9 Å². The molecule has 0 saturated carbocycles. The molecule has 0 radical (unpaired) electrons. The molecule has 0 aliphatic rings. The molecule has 0 bridgehead atoms. The van der Waals surface area contributed by atoms with Gasteiger partial charge in [-0.1, -0.05) is 42.1 Å². The number of aromatic amines is 1. The lowest BCUT2D eigenvalue weighted by atomic mass is 10.2. The number of H-pyrrole nitrogens is 1. The molecule has 0 aliphatic heterocycles. The lowest BCUT2D eigenvalue weighted by Crippen LogP contribution is -2.12. The van der Waals surface area contributed by atoms with E-state index in [0.29, 0.717) is 28.1 Å². The summed E-state index contributed by atoms with van der Waals surface area (Å²) >= 11 is 1.15. The predicted octanol–water partition coefficient (Wildman–Crippen LogP) is 2.79. The van der Waals surface area contributed by atoms with E-state index in [1.807, 2.05) is 30.3 Å². The lowest BCUT2D eigenvalue weighted by Gasteiger charge is -2.08. The topological polar surface area (TPSA) is 98.6 Å². The standard InChI is InChI=1S/C20H16N4O4S/c1-27-14-7-9-15(10-8-14)28-18(26)12-29-20-22-19(13-5-3-2-4-6-13)21-16-11-17(25)23-24(16)20/h2-11H,12H2,1H3,(H,23,25). The number of hydrogen-bond acceptors (Lipinski definition) is 7. The van der Waals surface area contributed by atoms with E-state index in [4.69, 9.17) is 9.47 Å². The first kappa shape index (κ1) is 18.8. The number of nitrogens with zero attached hydrogens (tertiary/aromatic N) is 3. The summed E-state index contributed by atoms with van der Waals surface area (Å²) in [6.45, 7) is 0. The van der Waals surface area contributed by atoms with Gasteiger partial charge >= 0.3 is 5.97 Å². The van der Waals surface area contributed by atoms with Crippen LogP contribution in [0, 0.1) is 0 Å².